The molecule has 3 aromatic rings. The third-order valence-corrected chi connectivity index (χ3v) is 8.21. The molecule has 0 atom stereocenters. The number of aromatic nitrogens is 2. The first-order valence-corrected chi connectivity index (χ1v) is 13.8. The van der Waals surface area contributed by atoms with Gasteiger partial charge in [-0.15, -0.1) is 0 Å². The van der Waals surface area contributed by atoms with Crippen molar-refractivity contribution in [3.63, 3.8) is 0 Å². The van der Waals surface area contributed by atoms with Gasteiger partial charge in [-0.2, -0.15) is 0 Å². The van der Waals surface area contributed by atoms with Gasteiger partial charge < -0.3 is 24.8 Å². The zero-order chi connectivity index (χ0) is 26.1. The lowest BCUT2D eigenvalue weighted by atomic mass is 9.97. The minimum absolute atomic E-state index is 0.0419. The molecule has 8 nitrogen and oxygen atoms in total. The van der Waals surface area contributed by atoms with Crippen LogP contribution in [0.15, 0.2) is 42.7 Å². The molecule has 1 saturated carbocycles. The van der Waals surface area contributed by atoms with Gasteiger partial charge in [0.05, 0.1) is 23.8 Å². The first-order chi connectivity index (χ1) is 18.6. The van der Waals surface area contributed by atoms with Crippen molar-refractivity contribution in [2.45, 2.75) is 38.1 Å². The van der Waals surface area contributed by atoms with Gasteiger partial charge in [0.2, 0.25) is 0 Å². The number of nitrogens with one attached hydrogen (secondary N) is 2. The van der Waals surface area contributed by atoms with E-state index in [4.69, 9.17) is 16.3 Å². The van der Waals surface area contributed by atoms with Gasteiger partial charge in [0.25, 0.3) is 5.91 Å². The monoisotopic (exact) mass is 533 g/mol. The van der Waals surface area contributed by atoms with Crippen molar-refractivity contribution >= 4 is 40.1 Å². The van der Waals surface area contributed by atoms with Crippen molar-refractivity contribution < 1.29 is 14.3 Å². The fraction of sp³-hybridized carbons (Fsp3) is 0.414. The van der Waals surface area contributed by atoms with Crippen LogP contribution in [0, 0.1) is 0 Å². The predicted octanol–water partition coefficient (Wildman–Crippen LogP) is 5.10. The van der Waals surface area contributed by atoms with Gasteiger partial charge in [0.15, 0.2) is 0 Å². The number of pyridine rings is 1. The number of urea groups is 1. The molecule has 0 radical (unpaired) electrons. The number of rotatable bonds is 4. The largest absolute Gasteiger partial charge is 0.378 e. The number of hydrogen-bond donors (Lipinski definition) is 2. The van der Waals surface area contributed by atoms with E-state index >= 15 is 0 Å². The number of hydrogen-bond acceptors (Lipinski definition) is 4. The van der Waals surface area contributed by atoms with Gasteiger partial charge in [-0.1, -0.05) is 36.6 Å². The van der Waals surface area contributed by atoms with Crippen molar-refractivity contribution in [3.8, 4) is 11.1 Å². The van der Waals surface area contributed by atoms with E-state index in [1.807, 2.05) is 29.4 Å². The number of ether oxygens (including phenoxy) is 1. The van der Waals surface area contributed by atoms with Crippen molar-refractivity contribution in [1.82, 2.24) is 25.1 Å². The van der Waals surface area contributed by atoms with Gasteiger partial charge >= 0.3 is 6.03 Å². The number of fused-ring (bicyclic) bond motifs is 1. The Balaban J connectivity index is 1.23. The maximum Gasteiger partial charge on any atom is 0.317 e. The Morgan fingerprint density at radius 1 is 1.05 bits per heavy atom. The quantitative estimate of drug-likeness (QED) is 0.488. The van der Waals surface area contributed by atoms with Crippen LogP contribution in [0.1, 0.15) is 48.0 Å². The number of benzene rings is 1. The molecule has 38 heavy (non-hydrogen) atoms. The molecule has 0 bridgehead atoms. The van der Waals surface area contributed by atoms with E-state index in [2.05, 4.69) is 27.4 Å². The number of morpholine rings is 1. The molecular formula is C29H32ClN5O3. The van der Waals surface area contributed by atoms with E-state index in [1.165, 1.54) is 18.4 Å². The second-order valence-electron chi connectivity index (χ2n) is 10.3. The molecule has 3 amide bonds. The third-order valence-electron chi connectivity index (χ3n) is 7.88. The number of halogens is 1. The second kappa shape index (κ2) is 10.8. The van der Waals surface area contributed by atoms with E-state index in [-0.39, 0.29) is 11.9 Å². The number of nitrogens with zero attached hydrogens (tertiary/aromatic N) is 3. The number of carbonyl (C=O) groups excluding carboxylic acids is 2. The Labute approximate surface area is 227 Å². The van der Waals surface area contributed by atoms with Gasteiger partial charge in [0.1, 0.15) is 5.65 Å². The summed E-state index contributed by atoms with van der Waals surface area (Å²) in [6.07, 6.45) is 11.3. The molecule has 2 aliphatic heterocycles. The molecule has 2 aromatic heterocycles. The number of amides is 3. The second-order valence-corrected chi connectivity index (χ2v) is 10.7. The lowest BCUT2D eigenvalue weighted by Gasteiger charge is -2.28. The molecule has 2 N–H and O–H groups in total. The number of carbonyl (C=O) groups is 2. The highest BCUT2D eigenvalue weighted by atomic mass is 35.5. The first-order valence-electron chi connectivity index (χ1n) is 13.5. The van der Waals surface area contributed by atoms with Crippen LogP contribution < -0.4 is 5.32 Å². The van der Waals surface area contributed by atoms with Crippen LogP contribution in [0.25, 0.3) is 27.7 Å². The van der Waals surface area contributed by atoms with Crippen molar-refractivity contribution in [1.29, 1.82) is 0 Å². The number of aromatic amines is 1. The van der Waals surface area contributed by atoms with Crippen LogP contribution in [-0.4, -0.2) is 77.1 Å². The lowest BCUT2D eigenvalue weighted by Crippen LogP contribution is -2.45. The zero-order valence-electron chi connectivity index (χ0n) is 21.3. The summed E-state index contributed by atoms with van der Waals surface area (Å²) in [7, 11) is 0. The summed E-state index contributed by atoms with van der Waals surface area (Å²) in [4.78, 5) is 37.4. The molecule has 198 valence electrons. The minimum Gasteiger partial charge on any atom is -0.378 e. The topological polar surface area (TPSA) is 90.6 Å². The Morgan fingerprint density at radius 2 is 1.87 bits per heavy atom. The van der Waals surface area contributed by atoms with E-state index in [0.29, 0.717) is 56.0 Å². The van der Waals surface area contributed by atoms with Crippen molar-refractivity contribution in [2.24, 2.45) is 0 Å². The normalized spacial score (nSPS) is 18.6. The fourth-order valence-corrected chi connectivity index (χ4v) is 5.87. The Bertz CT molecular complexity index is 1390. The molecule has 6 rings (SSSR count). The van der Waals surface area contributed by atoms with Crippen LogP contribution in [0.4, 0.5) is 4.79 Å². The predicted molar refractivity (Wildman–Crippen MR) is 148 cm³/mol. The third kappa shape index (κ3) is 5.02. The van der Waals surface area contributed by atoms with Gasteiger partial charge in [-0.25, -0.2) is 9.78 Å². The molecule has 0 spiro atoms. The van der Waals surface area contributed by atoms with Crippen molar-refractivity contribution in [2.75, 3.05) is 39.4 Å². The number of H-pyrrole nitrogens is 1. The average Bonchev–Trinajstić information content (AvgIpc) is 3.63. The minimum atomic E-state index is -0.0783. The SMILES string of the molecule is O=C(NC1CCCC1)N1CC=C(c2c[nH]c3ncc(-c4ccc(Cl)c(C(=O)N5CCOCC5)c4)cc23)CC1. The molecular weight excluding hydrogens is 502 g/mol. The molecule has 2 fully saturated rings. The molecule has 1 aliphatic carbocycles. The van der Waals surface area contributed by atoms with Gasteiger partial charge in [0, 0.05) is 61.1 Å². The summed E-state index contributed by atoms with van der Waals surface area (Å²) in [6, 6.07) is 8.04. The maximum atomic E-state index is 13.1. The summed E-state index contributed by atoms with van der Waals surface area (Å²) in [5, 5.41) is 4.65. The molecule has 0 unspecified atom stereocenters. The van der Waals surface area contributed by atoms with Crippen LogP contribution in [0.3, 0.4) is 0 Å². The first kappa shape index (κ1) is 24.9. The van der Waals surface area contributed by atoms with Crippen LogP contribution >= 0.6 is 11.6 Å². The van der Waals surface area contributed by atoms with Crippen LogP contribution in [0.5, 0.6) is 0 Å². The van der Waals surface area contributed by atoms with Crippen LogP contribution in [0.2, 0.25) is 5.02 Å². The summed E-state index contributed by atoms with van der Waals surface area (Å²) in [5.41, 5.74) is 5.42. The zero-order valence-corrected chi connectivity index (χ0v) is 22.1. The molecule has 4 heterocycles. The maximum absolute atomic E-state index is 13.1. The smallest absolute Gasteiger partial charge is 0.317 e. The molecule has 9 heteroatoms. The van der Waals surface area contributed by atoms with E-state index < -0.39 is 0 Å². The molecule has 3 aliphatic rings. The van der Waals surface area contributed by atoms with Gasteiger partial charge in [-0.3, -0.25) is 4.79 Å². The van der Waals surface area contributed by atoms with E-state index in [0.717, 1.165) is 47.0 Å². The Kier molecular flexibility index (Phi) is 7.08. The van der Waals surface area contributed by atoms with Gasteiger partial charge in [-0.05, 0) is 48.6 Å². The van der Waals surface area contributed by atoms with E-state index in [1.54, 1.807) is 11.0 Å². The highest BCUT2D eigenvalue weighted by Crippen LogP contribution is 2.33. The fourth-order valence-electron chi connectivity index (χ4n) is 5.67. The van der Waals surface area contributed by atoms with Crippen molar-refractivity contribution in [3.05, 3.63) is 58.9 Å². The van der Waals surface area contributed by atoms with Crippen LogP contribution in [-0.2, 0) is 4.74 Å². The lowest BCUT2D eigenvalue weighted by molar-refractivity contribution is 0.0303. The highest BCUT2D eigenvalue weighted by molar-refractivity contribution is 6.34. The molecule has 1 saturated heterocycles. The standard InChI is InChI=1S/C29H32ClN5O3/c30-26-6-5-20(15-24(26)28(36)34-11-13-38-14-12-34)21-16-23-25(18-32-27(23)31-17-21)19-7-9-35(10-8-19)29(37)33-22-3-1-2-4-22/h5-7,15-18,22H,1-4,8-14H2,(H,31,32)(H,33,37). The average molecular weight is 534 g/mol. The summed E-state index contributed by atoms with van der Waals surface area (Å²) in [6.45, 7) is 3.49. The Hall–Kier alpha value is -3.36. The van der Waals surface area contributed by atoms with E-state index in [9.17, 15) is 9.59 Å². The Morgan fingerprint density at radius 3 is 2.63 bits per heavy atom. The molecule has 1 aromatic carbocycles. The highest BCUT2D eigenvalue weighted by Gasteiger charge is 2.24. The summed E-state index contributed by atoms with van der Waals surface area (Å²) < 4.78 is 5.38. The summed E-state index contributed by atoms with van der Waals surface area (Å²) >= 11 is 6.44. The summed E-state index contributed by atoms with van der Waals surface area (Å²) in [5.74, 6) is -0.0783.